The molecule has 4 nitrogen and oxygen atoms in total. The minimum Gasteiger partial charge on any atom is -0.487 e. The number of benzene rings is 1. The van der Waals surface area contributed by atoms with E-state index >= 15 is 0 Å². The van der Waals surface area contributed by atoms with Crippen LogP contribution in [0.5, 0.6) is 0 Å². The van der Waals surface area contributed by atoms with Crippen molar-refractivity contribution in [3.63, 3.8) is 0 Å². The van der Waals surface area contributed by atoms with Crippen LogP contribution in [0.25, 0.3) is 17.0 Å². The van der Waals surface area contributed by atoms with E-state index in [9.17, 15) is 4.79 Å². The number of hydrogen-bond donors (Lipinski definition) is 0. The number of furan rings is 1. The summed E-state index contributed by atoms with van der Waals surface area (Å²) in [5.74, 6) is 1.30. The fraction of sp³-hybridized carbons (Fsp3) is 0.500. The van der Waals surface area contributed by atoms with Gasteiger partial charge in [-0.3, -0.25) is 4.79 Å². The van der Waals surface area contributed by atoms with Gasteiger partial charge in [-0.05, 0) is 53.5 Å². The molecule has 0 fully saturated rings. The highest BCUT2D eigenvalue weighted by atomic mass is 16.5. The molecule has 0 saturated carbocycles. The standard InChI is InChI=1S/C26H34O4/c1-18-7-8-19-14-21(30-23(19)13-18)10-9-20-15-26(5,6)16-22(27)24(20)29-12-11-28-17-25(2,3)4/h7-10,13-14H,11-12,15-17H2,1-6H3/b10-9+. The van der Waals surface area contributed by atoms with E-state index in [1.54, 1.807) is 0 Å². The topological polar surface area (TPSA) is 48.7 Å². The van der Waals surface area contributed by atoms with Gasteiger partial charge in [-0.25, -0.2) is 0 Å². The molecule has 0 unspecified atom stereocenters. The SMILES string of the molecule is Cc1ccc2cc(/C=C/C3=C(OCCOCC(C)(C)C)C(=O)CC(C)(C)C3)oc2c1. The molecule has 162 valence electrons. The third-order valence-electron chi connectivity index (χ3n) is 5.01. The van der Waals surface area contributed by atoms with Crippen LogP contribution >= 0.6 is 0 Å². The van der Waals surface area contributed by atoms with Gasteiger partial charge in [-0.15, -0.1) is 0 Å². The maximum Gasteiger partial charge on any atom is 0.198 e. The molecule has 0 atom stereocenters. The maximum absolute atomic E-state index is 12.8. The van der Waals surface area contributed by atoms with Crippen LogP contribution in [0.1, 0.15) is 58.8 Å². The van der Waals surface area contributed by atoms with Gasteiger partial charge in [0.05, 0.1) is 13.2 Å². The van der Waals surface area contributed by atoms with Gasteiger partial charge in [0.25, 0.3) is 0 Å². The van der Waals surface area contributed by atoms with E-state index in [0.29, 0.717) is 32.0 Å². The highest BCUT2D eigenvalue weighted by Gasteiger charge is 2.33. The van der Waals surface area contributed by atoms with Crippen molar-refractivity contribution in [3.05, 3.63) is 53.0 Å². The molecule has 3 rings (SSSR count). The van der Waals surface area contributed by atoms with E-state index in [1.165, 1.54) is 5.56 Å². The summed E-state index contributed by atoms with van der Waals surface area (Å²) in [5.41, 5.74) is 2.99. The van der Waals surface area contributed by atoms with Gasteiger partial charge in [0.2, 0.25) is 0 Å². The number of hydrogen-bond acceptors (Lipinski definition) is 4. The third-order valence-corrected chi connectivity index (χ3v) is 5.01. The van der Waals surface area contributed by atoms with Crippen molar-refractivity contribution in [1.82, 2.24) is 0 Å². The number of carbonyl (C=O) groups is 1. The van der Waals surface area contributed by atoms with Crippen LogP contribution in [0.2, 0.25) is 0 Å². The minimum atomic E-state index is -0.0860. The summed E-state index contributed by atoms with van der Waals surface area (Å²) in [6.45, 7) is 14.2. The first kappa shape index (κ1) is 22.4. The minimum absolute atomic E-state index is 0.0574. The van der Waals surface area contributed by atoms with E-state index in [1.807, 2.05) is 31.2 Å². The summed E-state index contributed by atoms with van der Waals surface area (Å²) >= 11 is 0. The monoisotopic (exact) mass is 410 g/mol. The molecule has 1 heterocycles. The Hall–Kier alpha value is -2.33. The molecule has 0 spiro atoms. The summed E-state index contributed by atoms with van der Waals surface area (Å²) in [6, 6.07) is 8.18. The molecule has 1 aliphatic carbocycles. The molecule has 0 aliphatic heterocycles. The molecule has 1 aromatic carbocycles. The Kier molecular flexibility index (Phi) is 6.56. The van der Waals surface area contributed by atoms with E-state index < -0.39 is 0 Å². The normalized spacial score (nSPS) is 17.3. The molecule has 0 amide bonds. The lowest BCUT2D eigenvalue weighted by atomic mass is 9.76. The molecule has 2 aromatic rings. The van der Waals surface area contributed by atoms with Gasteiger partial charge in [-0.2, -0.15) is 0 Å². The lowest BCUT2D eigenvalue weighted by molar-refractivity contribution is -0.122. The van der Waals surface area contributed by atoms with E-state index in [2.05, 4.69) is 46.8 Å². The Bertz CT molecular complexity index is 967. The summed E-state index contributed by atoms with van der Waals surface area (Å²) in [6.07, 6.45) is 5.17. The molecule has 0 saturated heterocycles. The Balaban J connectivity index is 1.75. The number of carbonyl (C=O) groups excluding carboxylic acids is 1. The molecule has 0 radical (unpaired) electrons. The van der Waals surface area contributed by atoms with Crippen LogP contribution in [0.15, 0.2) is 46.1 Å². The van der Waals surface area contributed by atoms with Crippen LogP contribution < -0.4 is 0 Å². The second-order valence-electron chi connectivity index (χ2n) is 10.3. The van der Waals surface area contributed by atoms with E-state index in [-0.39, 0.29) is 16.6 Å². The zero-order chi connectivity index (χ0) is 21.9. The summed E-state index contributed by atoms with van der Waals surface area (Å²) in [4.78, 5) is 12.8. The number of rotatable bonds is 7. The largest absolute Gasteiger partial charge is 0.487 e. The van der Waals surface area contributed by atoms with Crippen LogP contribution in [-0.2, 0) is 14.3 Å². The van der Waals surface area contributed by atoms with Crippen molar-refractivity contribution < 1.29 is 18.7 Å². The first-order valence-corrected chi connectivity index (χ1v) is 10.7. The summed E-state index contributed by atoms with van der Waals surface area (Å²) < 4.78 is 17.5. The van der Waals surface area contributed by atoms with Gasteiger partial charge >= 0.3 is 0 Å². The number of ether oxygens (including phenoxy) is 2. The van der Waals surface area contributed by atoms with E-state index in [0.717, 1.165) is 28.7 Å². The predicted octanol–water partition coefficient (Wildman–Crippen LogP) is 6.48. The molecule has 1 aliphatic rings. The fourth-order valence-electron chi connectivity index (χ4n) is 3.66. The van der Waals surface area contributed by atoms with Crippen LogP contribution in [0.4, 0.5) is 0 Å². The molecular weight excluding hydrogens is 376 g/mol. The smallest absolute Gasteiger partial charge is 0.198 e. The van der Waals surface area contributed by atoms with Gasteiger partial charge in [0, 0.05) is 11.8 Å². The Morgan fingerprint density at radius 1 is 1.10 bits per heavy atom. The second kappa shape index (κ2) is 8.81. The Labute approximate surface area is 179 Å². The molecule has 4 heteroatoms. The average Bonchev–Trinajstić information content (AvgIpc) is 3.01. The summed E-state index contributed by atoms with van der Waals surface area (Å²) in [7, 11) is 0. The van der Waals surface area contributed by atoms with Crippen LogP contribution in [0.3, 0.4) is 0 Å². The zero-order valence-corrected chi connectivity index (χ0v) is 19.1. The van der Waals surface area contributed by atoms with E-state index in [4.69, 9.17) is 13.9 Å². The predicted molar refractivity (Wildman–Crippen MR) is 121 cm³/mol. The van der Waals surface area contributed by atoms with Crippen molar-refractivity contribution >= 4 is 22.8 Å². The van der Waals surface area contributed by atoms with Gasteiger partial charge in [0.1, 0.15) is 18.0 Å². The lowest BCUT2D eigenvalue weighted by Crippen LogP contribution is -2.27. The van der Waals surface area contributed by atoms with Gasteiger partial charge in [-0.1, -0.05) is 52.8 Å². The molecule has 1 aromatic heterocycles. The van der Waals surface area contributed by atoms with Crippen LogP contribution in [0, 0.1) is 17.8 Å². The van der Waals surface area contributed by atoms with Gasteiger partial charge in [0.15, 0.2) is 11.5 Å². The van der Waals surface area contributed by atoms with Crippen molar-refractivity contribution in [3.8, 4) is 0 Å². The van der Waals surface area contributed by atoms with Crippen molar-refractivity contribution in [2.24, 2.45) is 10.8 Å². The number of Topliss-reactive ketones (excluding diaryl/α,β-unsaturated/α-hetero) is 1. The molecular formula is C26H34O4. The molecule has 0 bridgehead atoms. The second-order valence-corrected chi connectivity index (χ2v) is 10.3. The molecule has 0 N–H and O–H groups in total. The highest BCUT2D eigenvalue weighted by molar-refractivity contribution is 5.96. The fourth-order valence-corrected chi connectivity index (χ4v) is 3.66. The Morgan fingerprint density at radius 3 is 2.60 bits per heavy atom. The highest BCUT2D eigenvalue weighted by Crippen LogP contribution is 2.38. The number of ketones is 1. The molecule has 30 heavy (non-hydrogen) atoms. The third kappa shape index (κ3) is 6.09. The van der Waals surface area contributed by atoms with Crippen molar-refractivity contribution in [2.45, 2.75) is 54.4 Å². The Morgan fingerprint density at radius 2 is 1.87 bits per heavy atom. The zero-order valence-electron chi connectivity index (χ0n) is 19.1. The first-order chi connectivity index (χ1) is 14.0. The van der Waals surface area contributed by atoms with Crippen molar-refractivity contribution in [2.75, 3.05) is 19.8 Å². The van der Waals surface area contributed by atoms with Gasteiger partial charge < -0.3 is 13.9 Å². The lowest BCUT2D eigenvalue weighted by Gasteiger charge is -2.30. The maximum atomic E-state index is 12.8. The number of allylic oxidation sites excluding steroid dienone is 3. The summed E-state index contributed by atoms with van der Waals surface area (Å²) in [5, 5.41) is 1.07. The number of fused-ring (bicyclic) bond motifs is 1. The van der Waals surface area contributed by atoms with Crippen molar-refractivity contribution in [1.29, 1.82) is 0 Å². The number of aryl methyl sites for hydroxylation is 1. The first-order valence-electron chi connectivity index (χ1n) is 10.7. The average molecular weight is 411 g/mol. The van der Waals surface area contributed by atoms with Crippen LogP contribution in [-0.4, -0.2) is 25.6 Å². The quantitative estimate of drug-likeness (QED) is 0.490.